The summed E-state index contributed by atoms with van der Waals surface area (Å²) in [6.45, 7) is 4.46. The van der Waals surface area contributed by atoms with Crippen molar-refractivity contribution < 1.29 is 22.3 Å². The van der Waals surface area contributed by atoms with Gasteiger partial charge >= 0.3 is 0 Å². The lowest BCUT2D eigenvalue weighted by atomic mass is 10.0. The first-order valence-electron chi connectivity index (χ1n) is 7.47. The van der Waals surface area contributed by atoms with Crippen molar-refractivity contribution in [1.82, 2.24) is 4.90 Å². The van der Waals surface area contributed by atoms with Crippen LogP contribution < -0.4 is 0 Å². The number of hydrogen-bond donors (Lipinski definition) is 0. The van der Waals surface area contributed by atoms with E-state index in [1.165, 1.54) is 17.0 Å². The van der Waals surface area contributed by atoms with Gasteiger partial charge in [-0.25, -0.2) is 12.8 Å². The zero-order valence-electron chi connectivity index (χ0n) is 13.7. The highest BCUT2D eigenvalue weighted by atomic mass is 32.2. The second-order valence-electron chi connectivity index (χ2n) is 6.17. The zero-order valence-corrected chi connectivity index (χ0v) is 14.6. The van der Waals surface area contributed by atoms with Crippen LogP contribution in [0.1, 0.15) is 38.9 Å². The fourth-order valence-electron chi connectivity index (χ4n) is 2.98. The second-order valence-corrected chi connectivity index (χ2v) is 8.18. The van der Waals surface area contributed by atoms with Crippen molar-refractivity contribution in [3.63, 3.8) is 0 Å². The standard InChI is InChI=1S/C16H22FNO4S/c1-5-14(19)18-13(10-17)15(22-16(18,2)3)11-6-8-12(9-7-11)23(4,20)21/h6-9,13,15H,5,10H2,1-4H3/t13-,15-/m1/s1. The fourth-order valence-corrected chi connectivity index (χ4v) is 3.61. The van der Waals surface area contributed by atoms with E-state index in [2.05, 4.69) is 0 Å². The predicted molar refractivity (Wildman–Crippen MR) is 84.4 cm³/mol. The molecular formula is C16H22FNO4S. The molecule has 2 rings (SSSR count). The van der Waals surface area contributed by atoms with Crippen molar-refractivity contribution in [2.75, 3.05) is 12.9 Å². The van der Waals surface area contributed by atoms with Crippen LogP contribution in [0.2, 0.25) is 0 Å². The molecule has 0 aliphatic carbocycles. The molecule has 23 heavy (non-hydrogen) atoms. The number of carbonyl (C=O) groups excluding carboxylic acids is 1. The number of sulfone groups is 1. The molecule has 1 aliphatic heterocycles. The number of amides is 1. The summed E-state index contributed by atoms with van der Waals surface area (Å²) in [5, 5.41) is 0. The van der Waals surface area contributed by atoms with Crippen LogP contribution in [0, 0.1) is 0 Å². The molecular weight excluding hydrogens is 321 g/mol. The molecule has 5 nitrogen and oxygen atoms in total. The number of nitrogens with zero attached hydrogens (tertiary/aromatic N) is 1. The van der Waals surface area contributed by atoms with Gasteiger partial charge in [-0.1, -0.05) is 19.1 Å². The van der Waals surface area contributed by atoms with Crippen molar-refractivity contribution in [3.05, 3.63) is 29.8 Å². The second kappa shape index (κ2) is 6.20. The Labute approximate surface area is 136 Å². The van der Waals surface area contributed by atoms with Gasteiger partial charge < -0.3 is 9.64 Å². The molecule has 1 saturated heterocycles. The summed E-state index contributed by atoms with van der Waals surface area (Å²) in [4.78, 5) is 13.8. The number of halogens is 1. The van der Waals surface area contributed by atoms with Gasteiger partial charge in [0.15, 0.2) is 9.84 Å². The maximum Gasteiger partial charge on any atom is 0.224 e. The molecule has 0 radical (unpaired) electrons. The van der Waals surface area contributed by atoms with E-state index < -0.39 is 34.4 Å². The lowest BCUT2D eigenvalue weighted by Crippen LogP contribution is -2.48. The normalized spacial score (nSPS) is 24.0. The average Bonchev–Trinajstić information content (AvgIpc) is 2.76. The van der Waals surface area contributed by atoms with E-state index in [4.69, 9.17) is 4.74 Å². The van der Waals surface area contributed by atoms with Crippen molar-refractivity contribution in [3.8, 4) is 0 Å². The molecule has 0 N–H and O–H groups in total. The lowest BCUT2D eigenvalue weighted by Gasteiger charge is -2.32. The van der Waals surface area contributed by atoms with Gasteiger partial charge in [-0.15, -0.1) is 0 Å². The van der Waals surface area contributed by atoms with E-state index in [9.17, 15) is 17.6 Å². The third kappa shape index (κ3) is 3.40. The van der Waals surface area contributed by atoms with Crippen molar-refractivity contribution in [2.45, 2.75) is 50.0 Å². The Kier molecular flexibility index (Phi) is 4.82. The van der Waals surface area contributed by atoms with E-state index in [-0.39, 0.29) is 17.2 Å². The minimum atomic E-state index is -3.29. The molecule has 1 aromatic rings. The van der Waals surface area contributed by atoms with Crippen LogP contribution in [0.15, 0.2) is 29.2 Å². The van der Waals surface area contributed by atoms with Gasteiger partial charge in [-0.2, -0.15) is 0 Å². The smallest absolute Gasteiger partial charge is 0.224 e. The van der Waals surface area contributed by atoms with Crippen LogP contribution in [0.25, 0.3) is 0 Å². The summed E-state index contributed by atoms with van der Waals surface area (Å²) in [5.74, 6) is -0.173. The first-order valence-corrected chi connectivity index (χ1v) is 9.37. The van der Waals surface area contributed by atoms with Gasteiger partial charge in [0.2, 0.25) is 5.91 Å². The highest BCUT2D eigenvalue weighted by Crippen LogP contribution is 2.41. The zero-order chi connectivity index (χ0) is 17.4. The molecule has 7 heteroatoms. The van der Waals surface area contributed by atoms with Crippen LogP contribution in [0.3, 0.4) is 0 Å². The molecule has 0 spiro atoms. The summed E-state index contributed by atoms with van der Waals surface area (Å²) in [6.07, 6.45) is 0.769. The van der Waals surface area contributed by atoms with Gasteiger partial charge in [0.25, 0.3) is 0 Å². The van der Waals surface area contributed by atoms with E-state index in [1.54, 1.807) is 32.9 Å². The molecule has 1 fully saturated rings. The Morgan fingerprint density at radius 3 is 2.30 bits per heavy atom. The first-order chi connectivity index (χ1) is 10.6. The summed E-state index contributed by atoms with van der Waals surface area (Å²) >= 11 is 0. The SMILES string of the molecule is CCC(=O)N1[C@H](CF)[C@@H](c2ccc(S(C)(=O)=O)cc2)OC1(C)C. The summed E-state index contributed by atoms with van der Waals surface area (Å²) in [5.41, 5.74) is -0.260. The number of carbonyl (C=O) groups is 1. The Hall–Kier alpha value is -1.47. The van der Waals surface area contributed by atoms with Gasteiger partial charge in [0, 0.05) is 12.7 Å². The molecule has 128 valence electrons. The van der Waals surface area contributed by atoms with Gasteiger partial charge in [0.1, 0.15) is 18.5 Å². The Morgan fingerprint density at radius 1 is 1.30 bits per heavy atom. The molecule has 0 aromatic heterocycles. The lowest BCUT2D eigenvalue weighted by molar-refractivity contribution is -0.147. The number of hydrogen-bond acceptors (Lipinski definition) is 4. The largest absolute Gasteiger partial charge is 0.346 e. The van der Waals surface area contributed by atoms with E-state index >= 15 is 0 Å². The van der Waals surface area contributed by atoms with E-state index in [1.807, 2.05) is 0 Å². The van der Waals surface area contributed by atoms with Gasteiger partial charge in [0.05, 0.1) is 10.9 Å². The Morgan fingerprint density at radius 2 is 1.87 bits per heavy atom. The fraction of sp³-hybridized carbons (Fsp3) is 0.562. The van der Waals surface area contributed by atoms with Crippen molar-refractivity contribution in [2.24, 2.45) is 0 Å². The molecule has 0 bridgehead atoms. The maximum absolute atomic E-state index is 13.6. The van der Waals surface area contributed by atoms with Crippen LogP contribution >= 0.6 is 0 Å². The average molecular weight is 343 g/mol. The third-order valence-electron chi connectivity index (χ3n) is 4.04. The summed E-state index contributed by atoms with van der Waals surface area (Å²) in [7, 11) is -3.29. The summed E-state index contributed by atoms with van der Waals surface area (Å²) in [6, 6.07) is 5.45. The number of benzene rings is 1. The van der Waals surface area contributed by atoms with Crippen LogP contribution in [0.4, 0.5) is 4.39 Å². The molecule has 1 amide bonds. The predicted octanol–water partition coefficient (Wildman–Crippen LogP) is 2.47. The van der Waals surface area contributed by atoms with Crippen LogP contribution in [-0.4, -0.2) is 43.9 Å². The molecule has 2 atom stereocenters. The maximum atomic E-state index is 13.6. The highest BCUT2D eigenvalue weighted by molar-refractivity contribution is 7.90. The minimum absolute atomic E-state index is 0.173. The molecule has 0 unspecified atom stereocenters. The summed E-state index contributed by atoms with van der Waals surface area (Å²) < 4.78 is 42.6. The minimum Gasteiger partial charge on any atom is -0.346 e. The number of alkyl halides is 1. The van der Waals surface area contributed by atoms with Gasteiger partial charge in [-0.3, -0.25) is 4.79 Å². The molecule has 1 aromatic carbocycles. The number of ether oxygens (including phenoxy) is 1. The molecule has 0 saturated carbocycles. The highest BCUT2D eigenvalue weighted by Gasteiger charge is 2.49. The van der Waals surface area contributed by atoms with Crippen LogP contribution in [-0.2, 0) is 19.4 Å². The Bertz CT molecular complexity index is 685. The first kappa shape index (κ1) is 17.9. The van der Waals surface area contributed by atoms with Crippen molar-refractivity contribution >= 4 is 15.7 Å². The van der Waals surface area contributed by atoms with E-state index in [0.717, 1.165) is 6.26 Å². The third-order valence-corrected chi connectivity index (χ3v) is 5.17. The topological polar surface area (TPSA) is 63.7 Å². The molecule has 1 aliphatic rings. The van der Waals surface area contributed by atoms with Gasteiger partial charge in [-0.05, 0) is 31.5 Å². The number of rotatable bonds is 4. The van der Waals surface area contributed by atoms with E-state index in [0.29, 0.717) is 5.56 Å². The monoisotopic (exact) mass is 343 g/mol. The quantitative estimate of drug-likeness (QED) is 0.842. The van der Waals surface area contributed by atoms with Crippen LogP contribution in [0.5, 0.6) is 0 Å². The Balaban J connectivity index is 2.38. The molecule has 1 heterocycles. The van der Waals surface area contributed by atoms with Crippen molar-refractivity contribution in [1.29, 1.82) is 0 Å².